The molecule has 5 nitrogen and oxygen atoms in total. The fourth-order valence-corrected chi connectivity index (χ4v) is 2.68. The van der Waals surface area contributed by atoms with Crippen molar-refractivity contribution < 1.29 is 13.6 Å². The molecule has 0 aliphatic rings. The number of anilines is 1. The van der Waals surface area contributed by atoms with E-state index in [0.717, 1.165) is 23.4 Å². The summed E-state index contributed by atoms with van der Waals surface area (Å²) in [5.74, 6) is -0.569. The highest BCUT2D eigenvalue weighted by atomic mass is 35.5. The van der Waals surface area contributed by atoms with Gasteiger partial charge < -0.3 is 9.73 Å². The van der Waals surface area contributed by atoms with E-state index in [4.69, 9.17) is 27.6 Å². The van der Waals surface area contributed by atoms with E-state index in [0.29, 0.717) is 16.6 Å². The van der Waals surface area contributed by atoms with Crippen molar-refractivity contribution >= 4 is 46.6 Å². The van der Waals surface area contributed by atoms with Crippen molar-refractivity contribution in [3.05, 3.63) is 58.3 Å². The Bertz CT molecular complexity index is 903. The van der Waals surface area contributed by atoms with Gasteiger partial charge in [-0.15, -0.1) is 10.2 Å². The van der Waals surface area contributed by atoms with Gasteiger partial charge >= 0.3 is 0 Å². The summed E-state index contributed by atoms with van der Waals surface area (Å²) in [6, 6.07) is 11.0. The van der Waals surface area contributed by atoms with Gasteiger partial charge in [0.2, 0.25) is 11.8 Å². The van der Waals surface area contributed by atoms with Crippen LogP contribution in [0.25, 0.3) is 11.5 Å². The zero-order chi connectivity index (χ0) is 17.8. The molecule has 1 heterocycles. The molecule has 1 N–H and O–H groups in total. The quantitative estimate of drug-likeness (QED) is 0.619. The average molecular weight is 398 g/mol. The molecule has 0 saturated heterocycles. The first-order valence-electron chi connectivity index (χ1n) is 6.98. The lowest BCUT2D eigenvalue weighted by Crippen LogP contribution is -2.14. The molecule has 3 rings (SSSR count). The molecule has 0 atom stereocenters. The van der Waals surface area contributed by atoms with Crippen molar-refractivity contribution in [3.8, 4) is 11.5 Å². The second kappa shape index (κ2) is 7.86. The highest BCUT2D eigenvalue weighted by molar-refractivity contribution is 7.99. The number of nitrogens with one attached hydrogen (secondary N) is 1. The second-order valence-electron chi connectivity index (χ2n) is 4.85. The fraction of sp³-hybridized carbons (Fsp3) is 0.0625. The molecule has 0 aliphatic heterocycles. The van der Waals surface area contributed by atoms with Crippen molar-refractivity contribution in [2.24, 2.45) is 0 Å². The lowest BCUT2D eigenvalue weighted by molar-refractivity contribution is -0.113. The first-order chi connectivity index (χ1) is 12.0. The van der Waals surface area contributed by atoms with E-state index < -0.39 is 5.82 Å². The number of aromatic nitrogens is 2. The Hall–Kier alpha value is -2.09. The van der Waals surface area contributed by atoms with Crippen LogP contribution in [0.1, 0.15) is 0 Å². The minimum absolute atomic E-state index is 0.00652. The molecule has 1 amide bonds. The summed E-state index contributed by atoms with van der Waals surface area (Å²) in [6.07, 6.45) is 0. The van der Waals surface area contributed by atoms with E-state index in [-0.39, 0.29) is 21.9 Å². The lowest BCUT2D eigenvalue weighted by Gasteiger charge is -2.04. The Kier molecular flexibility index (Phi) is 5.57. The normalized spacial score (nSPS) is 10.7. The van der Waals surface area contributed by atoms with Gasteiger partial charge in [0.25, 0.3) is 5.22 Å². The minimum atomic E-state index is -0.600. The molecule has 128 valence electrons. The Morgan fingerprint density at radius 3 is 2.64 bits per heavy atom. The van der Waals surface area contributed by atoms with Crippen molar-refractivity contribution in [2.45, 2.75) is 5.22 Å². The second-order valence-corrected chi connectivity index (χ2v) is 6.62. The number of hydrogen-bond acceptors (Lipinski definition) is 5. The molecule has 1 aromatic heterocycles. The molecular weight excluding hydrogens is 388 g/mol. The van der Waals surface area contributed by atoms with Crippen molar-refractivity contribution in [1.82, 2.24) is 10.2 Å². The van der Waals surface area contributed by atoms with Gasteiger partial charge in [0.15, 0.2) is 0 Å². The molecule has 3 aromatic rings. The summed E-state index contributed by atoms with van der Waals surface area (Å²) < 4.78 is 18.8. The zero-order valence-corrected chi connectivity index (χ0v) is 14.8. The van der Waals surface area contributed by atoms with Crippen LogP contribution in [0.2, 0.25) is 10.0 Å². The van der Waals surface area contributed by atoms with Crippen LogP contribution in [-0.2, 0) is 4.79 Å². The Labute approximate surface area is 156 Å². The smallest absolute Gasteiger partial charge is 0.277 e. The predicted octanol–water partition coefficient (Wildman–Crippen LogP) is 4.91. The number of halogens is 3. The molecule has 0 unspecified atom stereocenters. The molecule has 0 spiro atoms. The van der Waals surface area contributed by atoms with E-state index in [9.17, 15) is 9.18 Å². The highest BCUT2D eigenvalue weighted by Crippen LogP contribution is 2.24. The number of nitrogens with zero attached hydrogens (tertiary/aromatic N) is 2. The third kappa shape index (κ3) is 4.72. The maximum atomic E-state index is 13.3. The molecule has 0 saturated carbocycles. The lowest BCUT2D eigenvalue weighted by atomic mass is 10.2. The van der Waals surface area contributed by atoms with Gasteiger partial charge in [-0.05, 0) is 42.5 Å². The van der Waals surface area contributed by atoms with Crippen molar-refractivity contribution in [3.63, 3.8) is 0 Å². The molecule has 25 heavy (non-hydrogen) atoms. The molecular formula is C16H10Cl2FN3O2S. The average Bonchev–Trinajstić information content (AvgIpc) is 3.06. The van der Waals surface area contributed by atoms with Gasteiger partial charge in [-0.1, -0.05) is 35.0 Å². The van der Waals surface area contributed by atoms with Crippen molar-refractivity contribution in [1.29, 1.82) is 0 Å². The largest absolute Gasteiger partial charge is 0.411 e. The van der Waals surface area contributed by atoms with Gasteiger partial charge in [-0.25, -0.2) is 4.39 Å². The van der Waals surface area contributed by atoms with Crippen LogP contribution < -0.4 is 5.32 Å². The first kappa shape index (κ1) is 17.7. The van der Waals surface area contributed by atoms with E-state index >= 15 is 0 Å². The molecule has 0 fully saturated rings. The Balaban J connectivity index is 1.57. The highest BCUT2D eigenvalue weighted by Gasteiger charge is 2.12. The summed E-state index contributed by atoms with van der Waals surface area (Å²) in [7, 11) is 0. The van der Waals surface area contributed by atoms with Gasteiger partial charge in [0.1, 0.15) is 5.82 Å². The maximum Gasteiger partial charge on any atom is 0.277 e. The van der Waals surface area contributed by atoms with E-state index in [2.05, 4.69) is 15.5 Å². The van der Waals surface area contributed by atoms with Crippen LogP contribution in [-0.4, -0.2) is 21.9 Å². The zero-order valence-electron chi connectivity index (χ0n) is 12.5. The molecule has 0 radical (unpaired) electrons. The molecule has 0 bridgehead atoms. The SMILES string of the molecule is O=C(CSc1nnc(-c2ccc(Cl)cc2)o1)Nc1ccc(Cl)c(F)c1. The fourth-order valence-electron chi connectivity index (χ4n) is 1.88. The summed E-state index contributed by atoms with van der Waals surface area (Å²) in [5, 5.41) is 11.2. The van der Waals surface area contributed by atoms with Gasteiger partial charge in [0, 0.05) is 16.3 Å². The maximum absolute atomic E-state index is 13.3. The summed E-state index contributed by atoms with van der Waals surface area (Å²) in [6.45, 7) is 0. The van der Waals surface area contributed by atoms with Crippen LogP contribution in [0.5, 0.6) is 0 Å². The van der Waals surface area contributed by atoms with Gasteiger partial charge in [-0.2, -0.15) is 0 Å². The summed E-state index contributed by atoms with van der Waals surface area (Å²) in [5.41, 5.74) is 1.05. The predicted molar refractivity (Wildman–Crippen MR) is 95.5 cm³/mol. The van der Waals surface area contributed by atoms with Crippen LogP contribution in [0.15, 0.2) is 52.1 Å². The monoisotopic (exact) mass is 397 g/mol. The standard InChI is InChI=1S/C16H10Cl2FN3O2S/c17-10-3-1-9(2-4-10)15-21-22-16(24-15)25-8-14(23)20-11-5-6-12(18)13(19)7-11/h1-7H,8H2,(H,20,23). The number of thioether (sulfide) groups is 1. The number of rotatable bonds is 5. The third-order valence-corrected chi connectivity index (χ3v) is 4.40. The Morgan fingerprint density at radius 2 is 1.92 bits per heavy atom. The van der Waals surface area contributed by atoms with Crippen LogP contribution in [0.4, 0.5) is 10.1 Å². The molecule has 2 aromatic carbocycles. The topological polar surface area (TPSA) is 68.0 Å². The third-order valence-electron chi connectivity index (χ3n) is 3.03. The van der Waals surface area contributed by atoms with Gasteiger partial charge in [0.05, 0.1) is 10.8 Å². The van der Waals surface area contributed by atoms with E-state index in [1.807, 2.05) is 0 Å². The number of carbonyl (C=O) groups is 1. The van der Waals surface area contributed by atoms with Gasteiger partial charge in [-0.3, -0.25) is 4.79 Å². The van der Waals surface area contributed by atoms with Crippen LogP contribution in [0.3, 0.4) is 0 Å². The van der Waals surface area contributed by atoms with E-state index in [1.54, 1.807) is 24.3 Å². The molecule has 9 heteroatoms. The van der Waals surface area contributed by atoms with E-state index in [1.165, 1.54) is 12.1 Å². The van der Waals surface area contributed by atoms with Crippen LogP contribution >= 0.6 is 35.0 Å². The number of carbonyl (C=O) groups excluding carboxylic acids is 1. The minimum Gasteiger partial charge on any atom is -0.411 e. The van der Waals surface area contributed by atoms with Crippen LogP contribution in [0, 0.1) is 5.82 Å². The Morgan fingerprint density at radius 1 is 1.16 bits per heavy atom. The number of amides is 1. The molecule has 0 aliphatic carbocycles. The summed E-state index contributed by atoms with van der Waals surface area (Å²) in [4.78, 5) is 11.9. The number of benzene rings is 2. The number of hydrogen-bond donors (Lipinski definition) is 1. The summed E-state index contributed by atoms with van der Waals surface area (Å²) >= 11 is 12.5. The first-order valence-corrected chi connectivity index (χ1v) is 8.72. The van der Waals surface area contributed by atoms with Crippen molar-refractivity contribution in [2.75, 3.05) is 11.1 Å².